The smallest absolute Gasteiger partial charge is 0.409 e. The van der Waals surface area contributed by atoms with E-state index < -0.39 is 23.7 Å². The molecule has 0 spiro atoms. The van der Waals surface area contributed by atoms with Crippen LogP contribution in [0.2, 0.25) is 0 Å². The summed E-state index contributed by atoms with van der Waals surface area (Å²) in [6.07, 6.45) is 4.96. The Hall–Kier alpha value is -2.28. The molecule has 1 amide bonds. The van der Waals surface area contributed by atoms with E-state index in [-0.39, 0.29) is 12.0 Å². The molecule has 188 valence electrons. The zero-order chi connectivity index (χ0) is 24.8. The molecule has 0 aromatic heterocycles. The van der Waals surface area contributed by atoms with Crippen molar-refractivity contribution in [1.82, 2.24) is 10.4 Å². The van der Waals surface area contributed by atoms with Crippen molar-refractivity contribution in [2.45, 2.75) is 96.3 Å². The van der Waals surface area contributed by atoms with E-state index >= 15 is 0 Å². The molecule has 1 aliphatic heterocycles. The summed E-state index contributed by atoms with van der Waals surface area (Å²) in [5.41, 5.74) is 1.58. The maximum absolute atomic E-state index is 14.4. The Bertz CT molecular complexity index is 959. The number of halogens is 3. The van der Waals surface area contributed by atoms with Gasteiger partial charge in [-0.15, -0.1) is 0 Å². The van der Waals surface area contributed by atoms with Crippen LogP contribution in [0.1, 0.15) is 90.2 Å². The van der Waals surface area contributed by atoms with Gasteiger partial charge in [0.15, 0.2) is 6.04 Å². The fourth-order valence-electron chi connectivity index (χ4n) is 4.76. The van der Waals surface area contributed by atoms with Gasteiger partial charge in [-0.25, -0.2) is 0 Å². The molecular formula is C27H37F3N2O2. The van der Waals surface area contributed by atoms with Crippen LogP contribution in [0.25, 0.3) is 10.8 Å². The first-order valence-electron chi connectivity index (χ1n) is 12.4. The number of unbranched alkanes of at least 4 members (excludes halogenated alkanes) is 7. The lowest BCUT2D eigenvalue weighted by Gasteiger charge is -2.38. The number of nitrogens with one attached hydrogen (secondary N) is 1. The number of carbonyl (C=O) groups excluding carboxylic acids is 1. The van der Waals surface area contributed by atoms with Crippen molar-refractivity contribution in [1.29, 1.82) is 0 Å². The lowest BCUT2D eigenvalue weighted by atomic mass is 9.93. The summed E-state index contributed by atoms with van der Waals surface area (Å²) >= 11 is 0. The summed E-state index contributed by atoms with van der Waals surface area (Å²) in [7, 11) is 0. The SMILES string of the molecule is CCCCCCCCCCOc1ccc([C@H](N2NC(=O)CC2(C)C)C(F)(F)F)c2ccccc12. The van der Waals surface area contributed by atoms with E-state index in [2.05, 4.69) is 12.3 Å². The third-order valence-corrected chi connectivity index (χ3v) is 6.53. The van der Waals surface area contributed by atoms with Crippen LogP contribution in [0.15, 0.2) is 36.4 Å². The van der Waals surface area contributed by atoms with Gasteiger partial charge in [0, 0.05) is 17.3 Å². The monoisotopic (exact) mass is 478 g/mol. The van der Waals surface area contributed by atoms with E-state index in [0.29, 0.717) is 23.1 Å². The average molecular weight is 479 g/mol. The highest BCUT2D eigenvalue weighted by Crippen LogP contribution is 2.45. The number of alkyl halides is 3. The van der Waals surface area contributed by atoms with Crippen molar-refractivity contribution in [3.63, 3.8) is 0 Å². The van der Waals surface area contributed by atoms with E-state index in [1.165, 1.54) is 44.6 Å². The highest BCUT2D eigenvalue weighted by Gasteiger charge is 2.53. The van der Waals surface area contributed by atoms with E-state index in [4.69, 9.17) is 4.74 Å². The zero-order valence-electron chi connectivity index (χ0n) is 20.5. The molecule has 0 saturated carbocycles. The maximum Gasteiger partial charge on any atom is 0.409 e. The van der Waals surface area contributed by atoms with Crippen LogP contribution >= 0.6 is 0 Å². The number of hydrogen-bond donors (Lipinski definition) is 1. The summed E-state index contributed by atoms with van der Waals surface area (Å²) in [6.45, 7) is 6.04. The summed E-state index contributed by atoms with van der Waals surface area (Å²) in [4.78, 5) is 12.0. The van der Waals surface area contributed by atoms with Crippen LogP contribution in [-0.2, 0) is 4.79 Å². The number of fused-ring (bicyclic) bond motifs is 1. The van der Waals surface area contributed by atoms with Crippen molar-refractivity contribution in [3.05, 3.63) is 42.0 Å². The molecule has 1 heterocycles. The second-order valence-corrected chi connectivity index (χ2v) is 9.86. The normalized spacial score (nSPS) is 17.2. The summed E-state index contributed by atoms with van der Waals surface area (Å²) in [5, 5.41) is 2.19. The van der Waals surface area contributed by atoms with Gasteiger partial charge in [0.25, 0.3) is 0 Å². The maximum atomic E-state index is 14.4. The Morgan fingerprint density at radius 3 is 2.18 bits per heavy atom. The first kappa shape index (κ1) is 26.3. The molecule has 3 rings (SSSR count). The molecule has 0 radical (unpaired) electrons. The second kappa shape index (κ2) is 11.4. The Labute approximate surface area is 200 Å². The van der Waals surface area contributed by atoms with Crippen LogP contribution in [0, 0.1) is 0 Å². The molecule has 34 heavy (non-hydrogen) atoms. The molecule has 1 N–H and O–H groups in total. The molecule has 1 aliphatic rings. The van der Waals surface area contributed by atoms with Gasteiger partial charge in [-0.1, -0.05) is 82.2 Å². The first-order valence-corrected chi connectivity index (χ1v) is 12.4. The van der Waals surface area contributed by atoms with Crippen LogP contribution in [0.4, 0.5) is 13.2 Å². The molecular weight excluding hydrogens is 441 g/mol. The average Bonchev–Trinajstić information content (AvgIpc) is 3.04. The molecule has 4 nitrogen and oxygen atoms in total. The number of benzene rings is 2. The predicted molar refractivity (Wildman–Crippen MR) is 130 cm³/mol. The fourth-order valence-corrected chi connectivity index (χ4v) is 4.76. The topological polar surface area (TPSA) is 41.6 Å². The third-order valence-electron chi connectivity index (χ3n) is 6.53. The Morgan fingerprint density at radius 1 is 0.971 bits per heavy atom. The number of ether oxygens (including phenoxy) is 1. The number of hydrazine groups is 1. The van der Waals surface area contributed by atoms with Gasteiger partial charge in [-0.05, 0) is 37.3 Å². The number of carbonyl (C=O) groups is 1. The number of rotatable bonds is 12. The van der Waals surface area contributed by atoms with Gasteiger partial charge in [-0.3, -0.25) is 10.2 Å². The van der Waals surface area contributed by atoms with Crippen molar-refractivity contribution in [2.24, 2.45) is 0 Å². The van der Waals surface area contributed by atoms with E-state index in [0.717, 1.165) is 17.9 Å². The van der Waals surface area contributed by atoms with E-state index in [1.54, 1.807) is 44.2 Å². The van der Waals surface area contributed by atoms with Crippen LogP contribution < -0.4 is 10.2 Å². The van der Waals surface area contributed by atoms with Gasteiger partial charge in [0.1, 0.15) is 5.75 Å². The summed E-state index contributed by atoms with van der Waals surface area (Å²) in [5.74, 6) is 0.182. The Kier molecular flexibility index (Phi) is 8.85. The minimum atomic E-state index is -4.57. The van der Waals surface area contributed by atoms with Crippen molar-refractivity contribution >= 4 is 16.7 Å². The second-order valence-electron chi connectivity index (χ2n) is 9.86. The van der Waals surface area contributed by atoms with Crippen molar-refractivity contribution in [3.8, 4) is 5.75 Å². The first-order chi connectivity index (χ1) is 16.1. The number of nitrogens with zero attached hydrogens (tertiary/aromatic N) is 1. The molecule has 1 fully saturated rings. The standard InChI is InChI=1S/C27H37F3N2O2/c1-4-5-6-7-8-9-10-13-18-34-23-17-16-22(20-14-11-12-15-21(20)23)25(27(28,29)30)32-26(2,3)19-24(33)31-32/h11-12,14-17,25H,4-10,13,18-19H2,1-3H3,(H,31,33)/t25-/m0/s1. The Morgan fingerprint density at radius 2 is 1.59 bits per heavy atom. The highest BCUT2D eigenvalue weighted by molar-refractivity contribution is 5.91. The number of amides is 1. The highest BCUT2D eigenvalue weighted by atomic mass is 19.4. The fraction of sp³-hybridized carbons (Fsp3) is 0.593. The van der Waals surface area contributed by atoms with Gasteiger partial charge in [-0.2, -0.15) is 18.2 Å². The van der Waals surface area contributed by atoms with Crippen LogP contribution in [0.3, 0.4) is 0 Å². The molecule has 1 saturated heterocycles. The minimum absolute atomic E-state index is 0.0112. The Balaban J connectivity index is 1.75. The molecule has 0 bridgehead atoms. The predicted octanol–water partition coefficient (Wildman–Crippen LogP) is 7.48. The van der Waals surface area contributed by atoms with Gasteiger partial charge in [0.2, 0.25) is 5.91 Å². The molecule has 0 unspecified atom stereocenters. The van der Waals surface area contributed by atoms with Gasteiger partial charge >= 0.3 is 6.18 Å². The van der Waals surface area contributed by atoms with Gasteiger partial charge < -0.3 is 4.74 Å². The summed E-state index contributed by atoms with van der Waals surface area (Å²) in [6, 6.07) is 8.19. The van der Waals surface area contributed by atoms with Crippen LogP contribution in [-0.4, -0.2) is 29.2 Å². The molecule has 2 aromatic carbocycles. The number of hydrogen-bond acceptors (Lipinski definition) is 3. The van der Waals surface area contributed by atoms with Crippen molar-refractivity contribution < 1.29 is 22.7 Å². The lowest BCUT2D eigenvalue weighted by Crippen LogP contribution is -2.51. The van der Waals surface area contributed by atoms with Crippen LogP contribution in [0.5, 0.6) is 5.75 Å². The van der Waals surface area contributed by atoms with Crippen molar-refractivity contribution in [2.75, 3.05) is 6.61 Å². The quantitative estimate of drug-likeness (QED) is 0.322. The minimum Gasteiger partial charge on any atom is -0.493 e. The molecule has 7 heteroatoms. The zero-order valence-corrected chi connectivity index (χ0v) is 20.5. The summed E-state index contributed by atoms with van der Waals surface area (Å²) < 4.78 is 49.1. The van der Waals surface area contributed by atoms with E-state index in [1.807, 2.05) is 0 Å². The lowest BCUT2D eigenvalue weighted by molar-refractivity contribution is -0.203. The molecule has 0 aliphatic carbocycles. The molecule has 1 atom stereocenters. The van der Waals surface area contributed by atoms with E-state index in [9.17, 15) is 18.0 Å². The third kappa shape index (κ3) is 6.44. The largest absolute Gasteiger partial charge is 0.493 e. The van der Waals surface area contributed by atoms with Gasteiger partial charge in [0.05, 0.1) is 6.61 Å². The molecule has 2 aromatic rings.